The number of hydrogen-bond acceptors (Lipinski definition) is 5. The first-order chi connectivity index (χ1) is 12.9. The lowest BCUT2D eigenvalue weighted by molar-refractivity contribution is -0.384. The number of aromatic nitrogens is 1. The van der Waals surface area contributed by atoms with E-state index in [-0.39, 0.29) is 30.6 Å². The topological polar surface area (TPSA) is 98.6 Å². The second kappa shape index (κ2) is 7.45. The highest BCUT2D eigenvalue weighted by Crippen LogP contribution is 2.23. The maximum atomic E-state index is 12.6. The van der Waals surface area contributed by atoms with Gasteiger partial charge in [0.25, 0.3) is 5.69 Å². The number of nitrogens with zero attached hydrogens (tertiary/aromatic N) is 3. The molecule has 8 nitrogen and oxygen atoms in total. The molecule has 2 aromatic carbocycles. The summed E-state index contributed by atoms with van der Waals surface area (Å²) in [5, 5.41) is 10.9. The van der Waals surface area contributed by atoms with Crippen LogP contribution in [0, 0.1) is 10.1 Å². The van der Waals surface area contributed by atoms with E-state index in [1.807, 2.05) is 0 Å². The molecule has 0 N–H and O–H groups in total. The van der Waals surface area contributed by atoms with Crippen LogP contribution >= 0.6 is 0 Å². The van der Waals surface area contributed by atoms with Gasteiger partial charge in [-0.25, -0.2) is 4.79 Å². The van der Waals surface area contributed by atoms with Gasteiger partial charge in [0.2, 0.25) is 5.91 Å². The van der Waals surface area contributed by atoms with Crippen molar-refractivity contribution in [3.63, 3.8) is 0 Å². The zero-order valence-electron chi connectivity index (χ0n) is 15.0. The minimum atomic E-state index is -0.501. The van der Waals surface area contributed by atoms with E-state index >= 15 is 0 Å². The van der Waals surface area contributed by atoms with Crippen LogP contribution in [0.4, 0.5) is 5.69 Å². The van der Waals surface area contributed by atoms with Crippen LogP contribution in [0.1, 0.15) is 24.9 Å². The average Bonchev–Trinajstić information content (AvgIpc) is 3.00. The van der Waals surface area contributed by atoms with E-state index in [1.54, 1.807) is 50.4 Å². The molecule has 0 saturated carbocycles. The van der Waals surface area contributed by atoms with E-state index in [9.17, 15) is 19.7 Å². The first kappa shape index (κ1) is 18.4. The van der Waals surface area contributed by atoms with Gasteiger partial charge in [-0.15, -0.1) is 0 Å². The van der Waals surface area contributed by atoms with Crippen LogP contribution in [0.25, 0.3) is 11.1 Å². The Morgan fingerprint density at radius 2 is 2.00 bits per heavy atom. The summed E-state index contributed by atoms with van der Waals surface area (Å²) in [6, 6.07) is 12.9. The van der Waals surface area contributed by atoms with E-state index in [0.717, 1.165) is 0 Å². The molecule has 3 rings (SSSR count). The molecule has 3 aromatic rings. The molecule has 0 bridgehead atoms. The van der Waals surface area contributed by atoms with Gasteiger partial charge in [-0.3, -0.25) is 19.5 Å². The molecule has 0 aliphatic heterocycles. The number of nitro groups is 1. The number of rotatable bonds is 6. The van der Waals surface area contributed by atoms with Gasteiger partial charge in [-0.2, -0.15) is 0 Å². The van der Waals surface area contributed by atoms with Crippen molar-refractivity contribution in [2.45, 2.75) is 25.9 Å². The Bertz CT molecular complexity index is 1050. The quantitative estimate of drug-likeness (QED) is 0.491. The molecule has 0 radical (unpaired) electrons. The van der Waals surface area contributed by atoms with Crippen LogP contribution in [0.15, 0.2) is 57.7 Å². The SMILES string of the molecule is C[C@@H](c1cccc([N+](=O)[O-])c1)N(C)C(=O)CCn1c(=O)oc2ccccc21. The molecule has 140 valence electrons. The molecule has 0 saturated heterocycles. The first-order valence-corrected chi connectivity index (χ1v) is 8.47. The van der Waals surface area contributed by atoms with Crippen molar-refractivity contribution in [2.75, 3.05) is 7.05 Å². The number of fused-ring (bicyclic) bond motifs is 1. The van der Waals surface area contributed by atoms with Gasteiger partial charge in [0, 0.05) is 32.1 Å². The van der Waals surface area contributed by atoms with Crippen molar-refractivity contribution in [3.8, 4) is 0 Å². The normalized spacial score (nSPS) is 12.1. The minimum Gasteiger partial charge on any atom is -0.408 e. The fourth-order valence-electron chi connectivity index (χ4n) is 2.95. The number of non-ortho nitro benzene ring substituents is 1. The predicted molar refractivity (Wildman–Crippen MR) is 99.4 cm³/mol. The molecule has 1 amide bonds. The third-order valence-electron chi connectivity index (χ3n) is 4.66. The summed E-state index contributed by atoms with van der Waals surface area (Å²) in [7, 11) is 1.64. The van der Waals surface area contributed by atoms with Crippen LogP contribution in [0.5, 0.6) is 0 Å². The molecule has 0 spiro atoms. The zero-order chi connectivity index (χ0) is 19.6. The molecule has 1 aromatic heterocycles. The van der Waals surface area contributed by atoms with Crippen molar-refractivity contribution in [1.82, 2.24) is 9.47 Å². The molecule has 1 atom stereocenters. The van der Waals surface area contributed by atoms with Gasteiger partial charge < -0.3 is 9.32 Å². The number of para-hydroxylation sites is 2. The Balaban J connectivity index is 1.72. The van der Waals surface area contributed by atoms with Crippen molar-refractivity contribution in [1.29, 1.82) is 0 Å². The summed E-state index contributed by atoms with van der Waals surface area (Å²) in [4.78, 5) is 36.5. The van der Waals surface area contributed by atoms with E-state index in [1.165, 1.54) is 21.6 Å². The van der Waals surface area contributed by atoms with Gasteiger partial charge in [-0.05, 0) is 24.6 Å². The molecule has 0 unspecified atom stereocenters. The number of carbonyl (C=O) groups is 1. The number of aryl methyl sites for hydroxylation is 1. The van der Waals surface area contributed by atoms with E-state index in [0.29, 0.717) is 16.7 Å². The maximum Gasteiger partial charge on any atom is 0.419 e. The lowest BCUT2D eigenvalue weighted by atomic mass is 10.1. The molecular formula is C19H19N3O5. The standard InChI is InChI=1S/C19H19N3O5/c1-13(14-6-5-7-15(12-14)22(25)26)20(2)18(23)10-11-21-16-8-3-4-9-17(16)27-19(21)24/h3-9,12-13H,10-11H2,1-2H3/t13-/m0/s1. The fraction of sp³-hybridized carbons (Fsp3) is 0.263. The smallest absolute Gasteiger partial charge is 0.408 e. The maximum absolute atomic E-state index is 12.6. The predicted octanol–water partition coefficient (Wildman–Crippen LogP) is 3.11. The third-order valence-corrected chi connectivity index (χ3v) is 4.66. The minimum absolute atomic E-state index is 0.0170. The van der Waals surface area contributed by atoms with Crippen LogP contribution in [0.3, 0.4) is 0 Å². The third kappa shape index (κ3) is 3.74. The fourth-order valence-corrected chi connectivity index (χ4v) is 2.95. The first-order valence-electron chi connectivity index (χ1n) is 8.47. The number of carbonyl (C=O) groups excluding carboxylic acids is 1. The Morgan fingerprint density at radius 1 is 1.26 bits per heavy atom. The molecule has 0 fully saturated rings. The molecule has 0 aliphatic rings. The second-order valence-corrected chi connectivity index (χ2v) is 6.27. The van der Waals surface area contributed by atoms with Crippen molar-refractivity contribution in [3.05, 3.63) is 74.8 Å². The average molecular weight is 369 g/mol. The van der Waals surface area contributed by atoms with Gasteiger partial charge in [0.1, 0.15) is 0 Å². The Labute approximate surface area is 154 Å². The van der Waals surface area contributed by atoms with E-state index in [2.05, 4.69) is 0 Å². The summed E-state index contributed by atoms with van der Waals surface area (Å²) < 4.78 is 6.59. The van der Waals surface area contributed by atoms with Gasteiger partial charge in [-0.1, -0.05) is 24.3 Å². The molecule has 8 heteroatoms. The number of hydrogen-bond donors (Lipinski definition) is 0. The van der Waals surface area contributed by atoms with Gasteiger partial charge >= 0.3 is 5.76 Å². The largest absolute Gasteiger partial charge is 0.419 e. The van der Waals surface area contributed by atoms with Crippen LogP contribution in [-0.2, 0) is 11.3 Å². The van der Waals surface area contributed by atoms with E-state index in [4.69, 9.17) is 4.42 Å². The summed E-state index contributed by atoms with van der Waals surface area (Å²) in [5.41, 5.74) is 1.78. The van der Waals surface area contributed by atoms with E-state index < -0.39 is 10.7 Å². The molecule has 0 aliphatic carbocycles. The Hall–Kier alpha value is -3.42. The van der Waals surface area contributed by atoms with Gasteiger partial charge in [0.05, 0.1) is 16.5 Å². The number of nitro benzene ring substituents is 1. The highest BCUT2D eigenvalue weighted by molar-refractivity contribution is 5.77. The van der Waals surface area contributed by atoms with Crippen molar-refractivity contribution < 1.29 is 14.1 Å². The number of benzene rings is 2. The highest BCUT2D eigenvalue weighted by atomic mass is 16.6. The number of amides is 1. The summed E-state index contributed by atoms with van der Waals surface area (Å²) in [5.74, 6) is -0.676. The molecule has 1 heterocycles. The molecule has 27 heavy (non-hydrogen) atoms. The summed E-state index contributed by atoms with van der Waals surface area (Å²) in [6.07, 6.45) is 0.110. The second-order valence-electron chi connectivity index (χ2n) is 6.27. The van der Waals surface area contributed by atoms with Crippen LogP contribution in [0.2, 0.25) is 0 Å². The van der Waals surface area contributed by atoms with Crippen LogP contribution < -0.4 is 5.76 Å². The van der Waals surface area contributed by atoms with Crippen molar-refractivity contribution in [2.24, 2.45) is 0 Å². The monoisotopic (exact) mass is 369 g/mol. The Kier molecular flexibility index (Phi) is 5.07. The Morgan fingerprint density at radius 3 is 2.74 bits per heavy atom. The van der Waals surface area contributed by atoms with Gasteiger partial charge in [0.15, 0.2) is 5.58 Å². The summed E-state index contributed by atoms with van der Waals surface area (Å²) >= 11 is 0. The molecular weight excluding hydrogens is 350 g/mol. The highest BCUT2D eigenvalue weighted by Gasteiger charge is 2.20. The lowest BCUT2D eigenvalue weighted by Crippen LogP contribution is -2.31. The zero-order valence-corrected chi connectivity index (χ0v) is 15.0. The van der Waals surface area contributed by atoms with Crippen LogP contribution in [-0.4, -0.2) is 27.3 Å². The van der Waals surface area contributed by atoms with Crippen molar-refractivity contribution >= 4 is 22.7 Å². The lowest BCUT2D eigenvalue weighted by Gasteiger charge is -2.25. The summed E-state index contributed by atoms with van der Waals surface area (Å²) in [6.45, 7) is 2.00. The number of oxazole rings is 1.